The first kappa shape index (κ1) is 12.6. The molecule has 0 aliphatic carbocycles. The minimum Gasteiger partial charge on any atom is -0.464 e. The summed E-state index contributed by atoms with van der Waals surface area (Å²) in [7, 11) is 0. The Morgan fingerprint density at radius 3 is 2.82 bits per heavy atom. The number of primary amides is 1. The molecule has 1 aromatic heterocycles. The Balaban J connectivity index is 2.77. The third kappa shape index (κ3) is 3.57. The molecule has 0 aromatic carbocycles. The zero-order chi connectivity index (χ0) is 12.7. The van der Waals surface area contributed by atoms with Gasteiger partial charge in [0.05, 0.1) is 18.2 Å². The van der Waals surface area contributed by atoms with Crippen LogP contribution in [0.2, 0.25) is 0 Å². The molecule has 0 saturated heterocycles. The van der Waals surface area contributed by atoms with Crippen molar-refractivity contribution in [2.45, 2.75) is 12.3 Å². The van der Waals surface area contributed by atoms with E-state index in [-0.39, 0.29) is 18.7 Å². The van der Waals surface area contributed by atoms with Gasteiger partial charge in [0.15, 0.2) is 5.92 Å². The lowest BCUT2D eigenvalue weighted by molar-refractivity contribution is -0.148. The average molecular weight is 233 g/mol. The summed E-state index contributed by atoms with van der Waals surface area (Å²) in [6, 6.07) is 6.63. The fourth-order valence-corrected chi connectivity index (χ4v) is 1.21. The fourth-order valence-electron chi connectivity index (χ4n) is 1.21. The van der Waals surface area contributed by atoms with Crippen LogP contribution in [0.25, 0.3) is 0 Å². The molecule has 0 spiro atoms. The van der Waals surface area contributed by atoms with E-state index in [1.807, 2.05) is 6.07 Å². The van der Waals surface area contributed by atoms with Gasteiger partial charge in [-0.2, -0.15) is 5.26 Å². The summed E-state index contributed by atoms with van der Waals surface area (Å²) in [5.74, 6) is -2.84. The van der Waals surface area contributed by atoms with E-state index < -0.39 is 17.8 Å². The quantitative estimate of drug-likeness (QED) is 0.441. The average Bonchev–Trinajstić information content (AvgIpc) is 2.30. The maximum absolute atomic E-state index is 11.6. The third-order valence-corrected chi connectivity index (χ3v) is 1.96. The smallest absolute Gasteiger partial charge is 0.324 e. The van der Waals surface area contributed by atoms with Crippen molar-refractivity contribution in [3.8, 4) is 6.07 Å². The van der Waals surface area contributed by atoms with E-state index in [4.69, 9.17) is 15.7 Å². The van der Waals surface area contributed by atoms with Gasteiger partial charge in [-0.15, -0.1) is 0 Å². The Labute approximate surface area is 98.0 Å². The lowest BCUT2D eigenvalue weighted by atomic mass is 10.0. The predicted octanol–water partition coefficient (Wildman–Crippen LogP) is 0.107. The normalized spacial score (nSPS) is 11.2. The van der Waals surface area contributed by atoms with Crippen molar-refractivity contribution in [2.24, 2.45) is 5.73 Å². The first-order valence-corrected chi connectivity index (χ1v) is 4.90. The largest absolute Gasteiger partial charge is 0.464 e. The fraction of sp³-hybridized carbons (Fsp3) is 0.273. The molecule has 2 N–H and O–H groups in total. The first-order valence-electron chi connectivity index (χ1n) is 4.90. The summed E-state index contributed by atoms with van der Waals surface area (Å²) in [6.07, 6.45) is 1.52. The molecule has 1 heterocycles. The molecule has 0 bridgehead atoms. The summed E-state index contributed by atoms with van der Waals surface area (Å²) in [5, 5.41) is 8.30. The second-order valence-corrected chi connectivity index (χ2v) is 3.17. The summed E-state index contributed by atoms with van der Waals surface area (Å²) in [6.45, 7) is -0.0635. The number of nitriles is 1. The standard InChI is InChI=1S/C11H11N3O3/c12-5-3-7-17-11(16)9(10(13)15)8-4-1-2-6-14-8/h1-2,4,6,9H,3,7H2,(H2,13,15). The van der Waals surface area contributed by atoms with Gasteiger partial charge < -0.3 is 10.5 Å². The molecule has 1 amide bonds. The molecule has 1 rings (SSSR count). The Morgan fingerprint density at radius 2 is 2.29 bits per heavy atom. The van der Waals surface area contributed by atoms with Crippen LogP contribution < -0.4 is 5.73 Å². The van der Waals surface area contributed by atoms with Crippen LogP contribution in [-0.4, -0.2) is 23.5 Å². The Hall–Kier alpha value is -2.42. The van der Waals surface area contributed by atoms with Gasteiger partial charge in [-0.05, 0) is 12.1 Å². The molecular formula is C11H11N3O3. The van der Waals surface area contributed by atoms with Crippen molar-refractivity contribution in [3.05, 3.63) is 30.1 Å². The summed E-state index contributed by atoms with van der Waals surface area (Å²) >= 11 is 0. The van der Waals surface area contributed by atoms with E-state index in [9.17, 15) is 9.59 Å². The summed E-state index contributed by atoms with van der Waals surface area (Å²) < 4.78 is 4.76. The molecule has 0 aliphatic rings. The topological polar surface area (TPSA) is 106 Å². The molecular weight excluding hydrogens is 222 g/mol. The number of carbonyl (C=O) groups excluding carboxylic acids is 2. The van der Waals surface area contributed by atoms with Gasteiger partial charge in [-0.25, -0.2) is 0 Å². The van der Waals surface area contributed by atoms with Crippen molar-refractivity contribution in [1.29, 1.82) is 5.26 Å². The van der Waals surface area contributed by atoms with Crippen LogP contribution >= 0.6 is 0 Å². The molecule has 1 atom stereocenters. The number of ether oxygens (including phenoxy) is 1. The lowest BCUT2D eigenvalue weighted by Crippen LogP contribution is -2.30. The highest BCUT2D eigenvalue weighted by Crippen LogP contribution is 2.14. The molecule has 1 unspecified atom stereocenters. The Kier molecular flexibility index (Phi) is 4.63. The number of aromatic nitrogens is 1. The number of hydrogen-bond donors (Lipinski definition) is 1. The van der Waals surface area contributed by atoms with Crippen LogP contribution in [0, 0.1) is 11.3 Å². The van der Waals surface area contributed by atoms with E-state index in [1.54, 1.807) is 12.1 Å². The minimum atomic E-state index is -1.23. The lowest BCUT2D eigenvalue weighted by Gasteiger charge is -2.11. The van der Waals surface area contributed by atoms with E-state index in [1.165, 1.54) is 12.3 Å². The molecule has 0 aliphatic heterocycles. The van der Waals surface area contributed by atoms with E-state index >= 15 is 0 Å². The molecule has 0 fully saturated rings. The molecule has 88 valence electrons. The number of nitrogens with zero attached hydrogens (tertiary/aromatic N) is 2. The predicted molar refractivity (Wildman–Crippen MR) is 57.4 cm³/mol. The highest BCUT2D eigenvalue weighted by atomic mass is 16.5. The van der Waals surface area contributed by atoms with Crippen LogP contribution in [0.5, 0.6) is 0 Å². The maximum atomic E-state index is 11.6. The second kappa shape index (κ2) is 6.23. The number of nitrogens with two attached hydrogens (primary N) is 1. The third-order valence-electron chi connectivity index (χ3n) is 1.96. The van der Waals surface area contributed by atoms with Crippen molar-refractivity contribution >= 4 is 11.9 Å². The van der Waals surface area contributed by atoms with E-state index in [2.05, 4.69) is 4.98 Å². The van der Waals surface area contributed by atoms with Gasteiger partial charge in [-0.3, -0.25) is 14.6 Å². The number of amides is 1. The number of esters is 1. The zero-order valence-electron chi connectivity index (χ0n) is 9.00. The number of rotatable bonds is 5. The highest BCUT2D eigenvalue weighted by Gasteiger charge is 2.29. The second-order valence-electron chi connectivity index (χ2n) is 3.17. The van der Waals surface area contributed by atoms with Crippen LogP contribution in [0.3, 0.4) is 0 Å². The van der Waals surface area contributed by atoms with Crippen molar-refractivity contribution in [1.82, 2.24) is 4.98 Å². The number of pyridine rings is 1. The van der Waals surface area contributed by atoms with Crippen LogP contribution in [0.15, 0.2) is 24.4 Å². The van der Waals surface area contributed by atoms with Gasteiger partial charge in [0.2, 0.25) is 5.91 Å². The molecule has 17 heavy (non-hydrogen) atoms. The summed E-state index contributed by atoms with van der Waals surface area (Å²) in [5.41, 5.74) is 5.37. The molecule has 1 aromatic rings. The van der Waals surface area contributed by atoms with Crippen molar-refractivity contribution in [2.75, 3.05) is 6.61 Å². The zero-order valence-corrected chi connectivity index (χ0v) is 9.00. The molecule has 6 nitrogen and oxygen atoms in total. The number of hydrogen-bond acceptors (Lipinski definition) is 5. The summed E-state index contributed by atoms with van der Waals surface area (Å²) in [4.78, 5) is 26.7. The molecule has 6 heteroatoms. The molecule has 0 saturated carbocycles. The van der Waals surface area contributed by atoms with Gasteiger partial charge in [0.1, 0.15) is 6.61 Å². The van der Waals surface area contributed by atoms with Crippen LogP contribution in [0.1, 0.15) is 18.0 Å². The van der Waals surface area contributed by atoms with Gasteiger partial charge in [0.25, 0.3) is 0 Å². The monoisotopic (exact) mass is 233 g/mol. The van der Waals surface area contributed by atoms with Crippen LogP contribution in [-0.2, 0) is 14.3 Å². The van der Waals surface area contributed by atoms with E-state index in [0.29, 0.717) is 0 Å². The van der Waals surface area contributed by atoms with Crippen molar-refractivity contribution in [3.63, 3.8) is 0 Å². The van der Waals surface area contributed by atoms with Gasteiger partial charge in [0, 0.05) is 6.20 Å². The first-order chi connectivity index (χ1) is 8.16. The SMILES string of the molecule is N#CCCOC(=O)C(C(N)=O)c1ccccn1. The Bertz CT molecular complexity index is 439. The maximum Gasteiger partial charge on any atom is 0.324 e. The Morgan fingerprint density at radius 1 is 1.53 bits per heavy atom. The van der Waals surface area contributed by atoms with E-state index in [0.717, 1.165) is 0 Å². The highest BCUT2D eigenvalue weighted by molar-refractivity contribution is 6.02. The molecule has 0 radical (unpaired) electrons. The number of carbonyl (C=O) groups is 2. The minimum absolute atomic E-state index is 0.0635. The van der Waals surface area contributed by atoms with Crippen molar-refractivity contribution < 1.29 is 14.3 Å². The van der Waals surface area contributed by atoms with Crippen LogP contribution in [0.4, 0.5) is 0 Å². The van der Waals surface area contributed by atoms with Gasteiger partial charge >= 0.3 is 5.97 Å². The van der Waals surface area contributed by atoms with Gasteiger partial charge in [-0.1, -0.05) is 6.07 Å².